The molecule has 0 fully saturated rings. The van der Waals surface area contributed by atoms with Gasteiger partial charge in [-0.05, 0) is 61.3 Å². The molecule has 2 heterocycles. The van der Waals surface area contributed by atoms with Crippen LogP contribution in [-0.2, 0) is 28.9 Å². The van der Waals surface area contributed by atoms with E-state index in [4.69, 9.17) is 4.74 Å². The molecule has 1 aromatic carbocycles. The van der Waals surface area contributed by atoms with Crippen LogP contribution in [0.2, 0.25) is 0 Å². The monoisotopic (exact) mass is 468 g/mol. The van der Waals surface area contributed by atoms with E-state index in [0.29, 0.717) is 27.4 Å². The average molecular weight is 469 g/mol. The van der Waals surface area contributed by atoms with Gasteiger partial charge in [0.15, 0.2) is 4.83 Å². The number of amides is 1. The van der Waals surface area contributed by atoms with Gasteiger partial charge in [-0.2, -0.15) is 0 Å². The van der Waals surface area contributed by atoms with E-state index in [9.17, 15) is 14.4 Å². The highest BCUT2D eigenvalue weighted by molar-refractivity contribution is 7.18. The molecule has 0 spiro atoms. The predicted molar refractivity (Wildman–Crippen MR) is 128 cm³/mol. The largest absolute Gasteiger partial charge is 0.462 e. The van der Waals surface area contributed by atoms with Gasteiger partial charge in [-0.3, -0.25) is 9.59 Å². The summed E-state index contributed by atoms with van der Waals surface area (Å²) < 4.78 is 6.10. The van der Waals surface area contributed by atoms with Crippen LogP contribution >= 0.6 is 11.3 Å². The quantitative estimate of drug-likeness (QED) is 0.571. The van der Waals surface area contributed by atoms with Crippen LogP contribution in [0.25, 0.3) is 10.2 Å². The van der Waals surface area contributed by atoms with Crippen LogP contribution in [0.4, 0.5) is 5.69 Å². The molecule has 0 bridgehead atoms. The van der Waals surface area contributed by atoms with Gasteiger partial charge in [-0.1, -0.05) is 32.1 Å². The van der Waals surface area contributed by atoms with Crippen LogP contribution in [0.1, 0.15) is 54.9 Å². The van der Waals surface area contributed by atoms with E-state index in [-0.39, 0.29) is 24.1 Å². The topological polar surface area (TPSA) is 103 Å². The van der Waals surface area contributed by atoms with Crippen molar-refractivity contribution in [3.8, 4) is 0 Å². The molecule has 174 valence electrons. The Morgan fingerprint density at radius 2 is 2.09 bits per heavy atom. The number of benzene rings is 1. The summed E-state index contributed by atoms with van der Waals surface area (Å²) in [6.45, 7) is 8.49. The Hall–Kier alpha value is -3.07. The number of carbonyl (C=O) groups is 2. The number of nitrogens with zero attached hydrogens (tertiary/aromatic N) is 3. The number of anilines is 1. The predicted octanol–water partition coefficient (Wildman–Crippen LogP) is 3.82. The van der Waals surface area contributed by atoms with Crippen molar-refractivity contribution in [1.82, 2.24) is 15.0 Å². The number of ether oxygens (including phenoxy) is 1. The van der Waals surface area contributed by atoms with Crippen molar-refractivity contribution in [2.24, 2.45) is 11.3 Å². The van der Waals surface area contributed by atoms with E-state index >= 15 is 0 Å². The van der Waals surface area contributed by atoms with Crippen LogP contribution in [0.5, 0.6) is 0 Å². The van der Waals surface area contributed by atoms with Crippen molar-refractivity contribution in [1.29, 1.82) is 0 Å². The lowest BCUT2D eigenvalue weighted by Gasteiger charge is -2.33. The van der Waals surface area contributed by atoms with Gasteiger partial charge >= 0.3 is 5.97 Å². The lowest BCUT2D eigenvalue weighted by molar-refractivity contribution is -0.117. The van der Waals surface area contributed by atoms with Gasteiger partial charge in [-0.25, -0.2) is 9.48 Å². The van der Waals surface area contributed by atoms with E-state index in [1.807, 2.05) is 0 Å². The molecule has 0 saturated carbocycles. The highest BCUT2D eigenvalue weighted by atomic mass is 32.1. The number of hydrogen-bond donors (Lipinski definition) is 1. The zero-order valence-electron chi connectivity index (χ0n) is 19.3. The Labute approximate surface area is 196 Å². The summed E-state index contributed by atoms with van der Waals surface area (Å²) >= 11 is 1.54. The minimum atomic E-state index is -0.461. The summed E-state index contributed by atoms with van der Waals surface area (Å²) in [5.74, 6) is -0.329. The fourth-order valence-corrected chi connectivity index (χ4v) is 5.48. The number of nitrogens with one attached hydrogen (secondary N) is 1. The van der Waals surface area contributed by atoms with E-state index in [1.54, 1.807) is 36.5 Å². The number of aromatic nitrogens is 3. The molecule has 8 nitrogen and oxygen atoms in total. The zero-order chi connectivity index (χ0) is 23.8. The first-order valence-electron chi connectivity index (χ1n) is 11.1. The lowest BCUT2D eigenvalue weighted by Crippen LogP contribution is -2.31. The maximum atomic E-state index is 13.2. The minimum Gasteiger partial charge on any atom is -0.462 e. The lowest BCUT2D eigenvalue weighted by atomic mass is 9.72. The minimum absolute atomic E-state index is 0.211. The van der Waals surface area contributed by atoms with Crippen molar-refractivity contribution in [3.05, 3.63) is 50.6 Å². The van der Waals surface area contributed by atoms with Crippen molar-refractivity contribution in [2.75, 3.05) is 11.9 Å². The Bertz CT molecular complexity index is 1270. The number of aryl methyl sites for hydroxylation is 1. The van der Waals surface area contributed by atoms with Gasteiger partial charge in [0, 0.05) is 10.6 Å². The number of rotatable bonds is 5. The van der Waals surface area contributed by atoms with E-state index in [0.717, 1.165) is 29.5 Å². The van der Waals surface area contributed by atoms with Crippen LogP contribution < -0.4 is 10.9 Å². The Morgan fingerprint density at radius 3 is 2.82 bits per heavy atom. The first-order valence-corrected chi connectivity index (χ1v) is 11.9. The molecule has 1 N–H and O–H groups in total. The van der Waals surface area contributed by atoms with Crippen LogP contribution in [0, 0.1) is 11.3 Å². The standard InChI is InChI=1S/C24H28N4O4S/c1-5-32-23(31)14-7-6-8-16(11-14)25-19(29)13-28-22(30)20-17-10-9-15(24(2,3)4)12-18(17)33-21(20)26-27-28/h6-8,11,15H,5,9-10,12-13H2,1-4H3,(H,25,29)/t15-/m1/s1. The van der Waals surface area contributed by atoms with Gasteiger partial charge in [-0.15, -0.1) is 16.4 Å². The molecule has 1 atom stereocenters. The molecule has 33 heavy (non-hydrogen) atoms. The first-order chi connectivity index (χ1) is 15.7. The van der Waals surface area contributed by atoms with E-state index in [2.05, 4.69) is 36.4 Å². The fourth-order valence-electron chi connectivity index (χ4n) is 4.24. The molecule has 1 amide bonds. The zero-order valence-corrected chi connectivity index (χ0v) is 20.1. The molecule has 1 aliphatic carbocycles. The molecule has 0 unspecified atom stereocenters. The van der Waals surface area contributed by atoms with Crippen molar-refractivity contribution in [3.63, 3.8) is 0 Å². The van der Waals surface area contributed by atoms with E-state index < -0.39 is 11.9 Å². The van der Waals surface area contributed by atoms with Gasteiger partial charge < -0.3 is 10.1 Å². The Kier molecular flexibility index (Phi) is 6.34. The van der Waals surface area contributed by atoms with Crippen molar-refractivity contribution in [2.45, 2.75) is 53.5 Å². The highest BCUT2D eigenvalue weighted by Crippen LogP contribution is 2.41. The summed E-state index contributed by atoms with van der Waals surface area (Å²) in [5.41, 5.74) is 1.76. The van der Waals surface area contributed by atoms with Gasteiger partial charge in [0.05, 0.1) is 17.6 Å². The SMILES string of the molecule is CCOC(=O)c1cccc(NC(=O)Cn2nnc3sc4c(c3c2=O)CC[C@@H](C(C)(C)C)C4)c1. The van der Waals surface area contributed by atoms with Gasteiger partial charge in [0.1, 0.15) is 6.54 Å². The maximum Gasteiger partial charge on any atom is 0.338 e. The van der Waals surface area contributed by atoms with Gasteiger partial charge in [0.25, 0.3) is 5.56 Å². The molecule has 0 radical (unpaired) electrons. The molecule has 2 aromatic heterocycles. The van der Waals surface area contributed by atoms with E-state index in [1.165, 1.54) is 10.9 Å². The third-order valence-corrected chi connectivity index (χ3v) is 7.25. The molecule has 1 aliphatic rings. The normalized spacial score (nSPS) is 15.8. The summed E-state index contributed by atoms with van der Waals surface area (Å²) in [7, 11) is 0. The fraction of sp³-hybridized carbons (Fsp3) is 0.458. The molecule has 9 heteroatoms. The average Bonchev–Trinajstić information content (AvgIpc) is 3.14. The highest BCUT2D eigenvalue weighted by Gasteiger charge is 2.32. The molecular weight excluding hydrogens is 440 g/mol. The first kappa shape index (κ1) is 23.1. The number of thiophene rings is 1. The smallest absolute Gasteiger partial charge is 0.338 e. The maximum absolute atomic E-state index is 13.2. The number of esters is 1. The van der Waals surface area contributed by atoms with Gasteiger partial charge in [0.2, 0.25) is 5.91 Å². The number of carbonyl (C=O) groups excluding carboxylic acids is 2. The second-order valence-corrected chi connectivity index (χ2v) is 10.5. The molecule has 3 aromatic rings. The molecular formula is C24H28N4O4S. The Balaban J connectivity index is 1.54. The second kappa shape index (κ2) is 9.05. The second-order valence-electron chi connectivity index (χ2n) is 9.39. The summed E-state index contributed by atoms with van der Waals surface area (Å²) in [4.78, 5) is 39.5. The molecule has 4 rings (SSSR count). The molecule has 0 saturated heterocycles. The summed E-state index contributed by atoms with van der Waals surface area (Å²) in [5, 5.41) is 11.5. The third-order valence-electron chi connectivity index (χ3n) is 6.11. The number of hydrogen-bond acceptors (Lipinski definition) is 7. The van der Waals surface area contributed by atoms with Crippen molar-refractivity contribution < 1.29 is 14.3 Å². The summed E-state index contributed by atoms with van der Waals surface area (Å²) in [6, 6.07) is 6.47. The van der Waals surface area contributed by atoms with Crippen LogP contribution in [0.15, 0.2) is 29.1 Å². The van der Waals surface area contributed by atoms with Crippen molar-refractivity contribution >= 4 is 39.1 Å². The number of fused-ring (bicyclic) bond motifs is 3. The van der Waals surface area contributed by atoms with Crippen LogP contribution in [0.3, 0.4) is 0 Å². The third kappa shape index (κ3) is 4.83. The Morgan fingerprint density at radius 1 is 1.30 bits per heavy atom. The molecule has 0 aliphatic heterocycles. The van der Waals surface area contributed by atoms with Crippen LogP contribution in [-0.4, -0.2) is 33.5 Å². The summed E-state index contributed by atoms with van der Waals surface area (Å²) in [6.07, 6.45) is 2.81.